The van der Waals surface area contributed by atoms with Crippen LogP contribution in [0.3, 0.4) is 0 Å². The average molecular weight is 306 g/mol. The lowest BCUT2D eigenvalue weighted by Crippen LogP contribution is -2.41. The number of halogens is 1. The monoisotopic (exact) mass is 306 g/mol. The van der Waals surface area contributed by atoms with Crippen LogP contribution in [0.1, 0.15) is 47.0 Å². The number of piperidine rings is 1. The van der Waals surface area contributed by atoms with E-state index in [1.54, 1.807) is 6.07 Å². The van der Waals surface area contributed by atoms with Crippen LogP contribution >= 0.6 is 0 Å². The standard InChI is InChI=1S/C16H24BFN2O2/c1-15(2)16(3,4)22-17(21-15)12-8-9-13(19-14(12)18)20-10-6-5-7-11-20/h8-9H,5-7,10-11H2,1-4H3. The predicted molar refractivity (Wildman–Crippen MR) is 86.0 cm³/mol. The Hall–Kier alpha value is -1.14. The molecule has 2 fully saturated rings. The van der Waals surface area contributed by atoms with Crippen LogP contribution in [0.2, 0.25) is 0 Å². The quantitative estimate of drug-likeness (QED) is 0.621. The number of hydrogen-bond acceptors (Lipinski definition) is 4. The molecule has 0 spiro atoms. The largest absolute Gasteiger partial charge is 0.499 e. The second-order valence-electron chi connectivity index (χ2n) is 7.19. The second-order valence-corrected chi connectivity index (χ2v) is 7.19. The summed E-state index contributed by atoms with van der Waals surface area (Å²) in [7, 11) is -0.701. The zero-order valence-corrected chi connectivity index (χ0v) is 13.9. The van der Waals surface area contributed by atoms with Gasteiger partial charge in [-0.25, -0.2) is 4.98 Å². The van der Waals surface area contributed by atoms with Crippen molar-refractivity contribution < 1.29 is 13.7 Å². The molecule has 0 aliphatic carbocycles. The highest BCUT2D eigenvalue weighted by molar-refractivity contribution is 6.62. The van der Waals surface area contributed by atoms with Crippen molar-refractivity contribution in [3.63, 3.8) is 0 Å². The second kappa shape index (κ2) is 5.50. The lowest BCUT2D eigenvalue weighted by Gasteiger charge is -2.32. The zero-order chi connectivity index (χ0) is 16.0. The molecule has 0 aromatic carbocycles. The van der Waals surface area contributed by atoms with Gasteiger partial charge in [0.1, 0.15) is 5.82 Å². The predicted octanol–water partition coefficient (Wildman–Crippen LogP) is 2.51. The summed E-state index contributed by atoms with van der Waals surface area (Å²) >= 11 is 0. The maximum Gasteiger partial charge on any atom is 0.499 e. The molecule has 0 saturated carbocycles. The highest BCUT2D eigenvalue weighted by Crippen LogP contribution is 2.36. The summed E-state index contributed by atoms with van der Waals surface area (Å²) in [6.07, 6.45) is 3.52. The molecule has 2 saturated heterocycles. The number of aromatic nitrogens is 1. The molecule has 0 N–H and O–H groups in total. The van der Waals surface area contributed by atoms with E-state index in [4.69, 9.17) is 9.31 Å². The van der Waals surface area contributed by atoms with Crippen molar-refractivity contribution in [2.75, 3.05) is 18.0 Å². The first-order valence-electron chi connectivity index (χ1n) is 8.07. The normalized spacial score (nSPS) is 23.9. The van der Waals surface area contributed by atoms with E-state index in [1.807, 2.05) is 33.8 Å². The molecule has 2 aliphatic heterocycles. The Bertz CT molecular complexity index is 543. The molecule has 4 nitrogen and oxygen atoms in total. The molecule has 1 aromatic heterocycles. The first-order chi connectivity index (χ1) is 10.3. The van der Waals surface area contributed by atoms with Crippen molar-refractivity contribution in [3.05, 3.63) is 18.1 Å². The summed E-state index contributed by atoms with van der Waals surface area (Å²) in [5.41, 5.74) is -0.579. The Balaban J connectivity index is 1.81. The zero-order valence-electron chi connectivity index (χ0n) is 13.9. The molecule has 0 atom stereocenters. The van der Waals surface area contributed by atoms with Crippen LogP contribution in [0.25, 0.3) is 0 Å². The van der Waals surface area contributed by atoms with Crippen molar-refractivity contribution in [1.82, 2.24) is 4.98 Å². The van der Waals surface area contributed by atoms with Crippen LogP contribution in [-0.4, -0.2) is 36.4 Å². The third-order valence-corrected chi connectivity index (χ3v) is 5.05. The average Bonchev–Trinajstić information content (AvgIpc) is 2.68. The molecule has 22 heavy (non-hydrogen) atoms. The van der Waals surface area contributed by atoms with Gasteiger partial charge in [-0.2, -0.15) is 4.39 Å². The fourth-order valence-corrected chi connectivity index (χ4v) is 2.88. The van der Waals surface area contributed by atoms with Gasteiger partial charge in [-0.3, -0.25) is 0 Å². The van der Waals surface area contributed by atoms with Crippen molar-refractivity contribution >= 4 is 18.4 Å². The molecule has 3 heterocycles. The Morgan fingerprint density at radius 2 is 1.64 bits per heavy atom. The molecule has 0 radical (unpaired) electrons. The molecule has 0 unspecified atom stereocenters. The van der Waals surface area contributed by atoms with Crippen molar-refractivity contribution in [3.8, 4) is 0 Å². The van der Waals surface area contributed by atoms with E-state index >= 15 is 0 Å². The third-order valence-electron chi connectivity index (χ3n) is 5.05. The lowest BCUT2D eigenvalue weighted by molar-refractivity contribution is 0.00578. The highest BCUT2D eigenvalue weighted by Gasteiger charge is 2.52. The molecule has 0 bridgehead atoms. The Morgan fingerprint density at radius 3 is 2.18 bits per heavy atom. The van der Waals surface area contributed by atoms with E-state index < -0.39 is 24.3 Å². The topological polar surface area (TPSA) is 34.6 Å². The molecule has 0 amide bonds. The number of hydrogen-bond donors (Lipinski definition) is 0. The van der Waals surface area contributed by atoms with Crippen LogP contribution in [0.5, 0.6) is 0 Å². The van der Waals surface area contributed by atoms with E-state index in [9.17, 15) is 4.39 Å². The molecular formula is C16H24BFN2O2. The first kappa shape index (κ1) is 15.7. The number of anilines is 1. The minimum Gasteiger partial charge on any atom is -0.399 e. The fraction of sp³-hybridized carbons (Fsp3) is 0.688. The van der Waals surface area contributed by atoms with Crippen LogP contribution in [0.4, 0.5) is 10.2 Å². The maximum absolute atomic E-state index is 14.5. The molecular weight excluding hydrogens is 282 g/mol. The van der Waals surface area contributed by atoms with Gasteiger partial charge in [0.05, 0.1) is 11.2 Å². The Morgan fingerprint density at radius 1 is 1.05 bits per heavy atom. The van der Waals surface area contributed by atoms with E-state index in [0.717, 1.165) is 25.9 Å². The van der Waals surface area contributed by atoms with Gasteiger partial charge in [0.25, 0.3) is 0 Å². The van der Waals surface area contributed by atoms with Gasteiger partial charge in [-0.05, 0) is 53.0 Å². The number of pyridine rings is 1. The maximum atomic E-state index is 14.5. The summed E-state index contributed by atoms with van der Waals surface area (Å²) in [5.74, 6) is 0.207. The van der Waals surface area contributed by atoms with Crippen molar-refractivity contribution in [2.45, 2.75) is 58.2 Å². The van der Waals surface area contributed by atoms with Crippen molar-refractivity contribution in [1.29, 1.82) is 0 Å². The van der Waals surface area contributed by atoms with Crippen LogP contribution in [0, 0.1) is 5.95 Å². The van der Waals surface area contributed by atoms with E-state index in [2.05, 4.69) is 9.88 Å². The summed E-state index contributed by atoms with van der Waals surface area (Å²) in [6, 6.07) is 3.61. The molecule has 6 heteroatoms. The van der Waals surface area contributed by atoms with Crippen LogP contribution in [0.15, 0.2) is 12.1 Å². The third kappa shape index (κ3) is 2.74. The van der Waals surface area contributed by atoms with Gasteiger partial charge >= 0.3 is 7.12 Å². The summed E-state index contributed by atoms with van der Waals surface area (Å²) in [5, 5.41) is 0. The van der Waals surface area contributed by atoms with Gasteiger partial charge in [-0.15, -0.1) is 0 Å². The lowest BCUT2D eigenvalue weighted by atomic mass is 9.80. The number of nitrogens with zero attached hydrogens (tertiary/aromatic N) is 2. The van der Waals surface area contributed by atoms with Gasteiger partial charge in [0.2, 0.25) is 5.95 Å². The minimum absolute atomic E-state index is 0.374. The first-order valence-corrected chi connectivity index (χ1v) is 8.07. The smallest absolute Gasteiger partial charge is 0.399 e. The van der Waals surface area contributed by atoms with Gasteiger partial charge in [0.15, 0.2) is 0 Å². The summed E-state index contributed by atoms with van der Waals surface area (Å²) < 4.78 is 26.3. The molecule has 3 rings (SSSR count). The van der Waals surface area contributed by atoms with E-state index in [1.165, 1.54) is 6.42 Å². The highest BCUT2D eigenvalue weighted by atomic mass is 19.1. The van der Waals surface area contributed by atoms with E-state index in [-0.39, 0.29) is 0 Å². The number of rotatable bonds is 2. The van der Waals surface area contributed by atoms with Crippen LogP contribution < -0.4 is 10.4 Å². The van der Waals surface area contributed by atoms with E-state index in [0.29, 0.717) is 11.3 Å². The molecule has 2 aliphatic rings. The fourth-order valence-electron chi connectivity index (χ4n) is 2.88. The van der Waals surface area contributed by atoms with Gasteiger partial charge < -0.3 is 14.2 Å². The molecule has 1 aromatic rings. The molecule has 120 valence electrons. The SMILES string of the molecule is CC1(C)OB(c2ccc(N3CCCCC3)nc2F)OC1(C)C. The minimum atomic E-state index is -0.701. The van der Waals surface area contributed by atoms with Gasteiger partial charge in [-0.1, -0.05) is 6.07 Å². The van der Waals surface area contributed by atoms with Crippen LogP contribution in [-0.2, 0) is 9.31 Å². The van der Waals surface area contributed by atoms with Gasteiger partial charge in [0, 0.05) is 18.6 Å². The van der Waals surface area contributed by atoms with Crippen molar-refractivity contribution in [2.24, 2.45) is 0 Å². The summed E-state index contributed by atoms with van der Waals surface area (Å²) in [4.78, 5) is 6.28. The Kier molecular flexibility index (Phi) is 3.93. The summed E-state index contributed by atoms with van der Waals surface area (Å²) in [6.45, 7) is 9.73. The Labute approximate surface area is 132 Å².